The minimum atomic E-state index is -3.69. The van der Waals surface area contributed by atoms with Crippen LogP contribution < -0.4 is 4.72 Å². The fourth-order valence-corrected chi connectivity index (χ4v) is 3.79. The van der Waals surface area contributed by atoms with Crippen LogP contribution >= 0.6 is 0 Å². The normalized spacial score (nSPS) is 25.4. The maximum absolute atomic E-state index is 12.5. The van der Waals surface area contributed by atoms with Crippen LogP contribution in [0, 0.1) is 0 Å². The third-order valence-electron chi connectivity index (χ3n) is 3.65. The smallest absolute Gasteiger partial charge is 0.253 e. The molecule has 1 atom stereocenters. The fraction of sp³-hybridized carbons (Fsp3) is 0.909. The maximum atomic E-state index is 12.5. The molecule has 0 spiro atoms. The first-order valence-electron chi connectivity index (χ1n) is 6.55. The summed E-state index contributed by atoms with van der Waals surface area (Å²) >= 11 is 0. The largest absolute Gasteiger partial charge is 0.378 e. The van der Waals surface area contributed by atoms with Crippen molar-refractivity contribution in [2.75, 3.05) is 26.3 Å². The van der Waals surface area contributed by atoms with Crippen molar-refractivity contribution in [3.8, 4) is 0 Å². The molecule has 1 saturated carbocycles. The van der Waals surface area contributed by atoms with Crippen molar-refractivity contribution in [1.82, 2.24) is 9.62 Å². The Morgan fingerprint density at radius 1 is 1.40 bits per heavy atom. The van der Waals surface area contributed by atoms with E-state index < -0.39 is 40.2 Å². The second kappa shape index (κ2) is 6.31. The van der Waals surface area contributed by atoms with Gasteiger partial charge in [0.05, 0.1) is 25.0 Å². The molecule has 1 heterocycles. The van der Waals surface area contributed by atoms with Crippen molar-refractivity contribution >= 4 is 15.9 Å². The van der Waals surface area contributed by atoms with E-state index in [2.05, 4.69) is 0 Å². The summed E-state index contributed by atoms with van der Waals surface area (Å²) in [6, 6.07) is -0.979. The monoisotopic (exact) mass is 312 g/mol. The Kier molecular flexibility index (Phi) is 4.92. The summed E-state index contributed by atoms with van der Waals surface area (Å²) in [5, 5.41) is -0.542. The predicted octanol–water partition coefficient (Wildman–Crippen LogP) is -0.0492. The van der Waals surface area contributed by atoms with Gasteiger partial charge in [-0.05, 0) is 12.8 Å². The van der Waals surface area contributed by atoms with Crippen molar-refractivity contribution in [3.63, 3.8) is 0 Å². The summed E-state index contributed by atoms with van der Waals surface area (Å²) in [4.78, 5) is 13.3. The first-order chi connectivity index (χ1) is 9.40. The van der Waals surface area contributed by atoms with Crippen molar-refractivity contribution in [2.24, 2.45) is 0 Å². The number of ether oxygens (including phenoxy) is 1. The van der Waals surface area contributed by atoms with E-state index in [9.17, 15) is 22.0 Å². The molecular formula is C11H18F2N2O4S. The van der Waals surface area contributed by atoms with Gasteiger partial charge >= 0.3 is 0 Å². The van der Waals surface area contributed by atoms with Gasteiger partial charge < -0.3 is 4.74 Å². The number of rotatable bonds is 5. The van der Waals surface area contributed by atoms with Crippen molar-refractivity contribution in [1.29, 1.82) is 0 Å². The number of hydrogen-bond donors (Lipinski definition) is 1. The van der Waals surface area contributed by atoms with Gasteiger partial charge in [0.15, 0.2) is 0 Å². The van der Waals surface area contributed by atoms with E-state index in [4.69, 9.17) is 4.74 Å². The Labute approximate surface area is 116 Å². The highest BCUT2D eigenvalue weighted by atomic mass is 32.2. The number of carbonyl (C=O) groups excluding carboxylic acids is 1. The zero-order valence-electron chi connectivity index (χ0n) is 10.9. The van der Waals surface area contributed by atoms with E-state index in [1.807, 2.05) is 4.72 Å². The molecule has 2 aliphatic rings. The first kappa shape index (κ1) is 15.6. The van der Waals surface area contributed by atoms with Crippen LogP contribution in [0.2, 0.25) is 0 Å². The van der Waals surface area contributed by atoms with Crippen LogP contribution in [-0.2, 0) is 19.6 Å². The van der Waals surface area contributed by atoms with Crippen LogP contribution in [0.15, 0.2) is 0 Å². The summed E-state index contributed by atoms with van der Waals surface area (Å²) < 4.78 is 55.7. The molecule has 0 aromatic heterocycles. The number of carbonyl (C=O) groups is 1. The molecule has 1 saturated heterocycles. The Bertz CT molecular complexity index is 453. The molecule has 116 valence electrons. The Balaban J connectivity index is 1.98. The van der Waals surface area contributed by atoms with Gasteiger partial charge in [-0.1, -0.05) is 6.42 Å². The van der Waals surface area contributed by atoms with E-state index >= 15 is 0 Å². The second-order valence-corrected chi connectivity index (χ2v) is 7.00. The fourth-order valence-electron chi connectivity index (χ4n) is 2.25. The molecule has 2 fully saturated rings. The molecule has 0 aromatic carbocycles. The van der Waals surface area contributed by atoms with Crippen LogP contribution in [0.5, 0.6) is 0 Å². The first-order valence-corrected chi connectivity index (χ1v) is 8.10. The number of morpholine rings is 1. The van der Waals surface area contributed by atoms with Crippen molar-refractivity contribution in [3.05, 3.63) is 0 Å². The molecule has 1 amide bonds. The number of nitrogens with one attached hydrogen (secondary N) is 1. The van der Waals surface area contributed by atoms with Gasteiger partial charge in [-0.2, -0.15) is 0 Å². The highest BCUT2D eigenvalue weighted by Crippen LogP contribution is 2.25. The molecule has 0 radical (unpaired) electrons. The number of halogens is 2. The van der Waals surface area contributed by atoms with Crippen LogP contribution in [0.3, 0.4) is 0 Å². The summed E-state index contributed by atoms with van der Waals surface area (Å²) in [5.74, 6) is -0.780. The van der Waals surface area contributed by atoms with E-state index in [0.717, 1.165) is 6.42 Å². The lowest BCUT2D eigenvalue weighted by Crippen LogP contribution is -2.57. The Morgan fingerprint density at radius 2 is 2.10 bits per heavy atom. The summed E-state index contributed by atoms with van der Waals surface area (Å²) in [6.45, 7) is -0.193. The SMILES string of the molecule is O=C(NS(=O)(=O)C1CCC1)C1COCCN1CC(F)F. The molecule has 1 unspecified atom stereocenters. The highest BCUT2D eigenvalue weighted by molar-refractivity contribution is 7.90. The van der Waals surface area contributed by atoms with Gasteiger partial charge in [0, 0.05) is 6.54 Å². The van der Waals surface area contributed by atoms with Gasteiger partial charge in [0.2, 0.25) is 10.0 Å². The molecule has 1 aliphatic carbocycles. The number of sulfonamides is 1. The van der Waals surface area contributed by atoms with E-state index in [-0.39, 0.29) is 19.8 Å². The average molecular weight is 312 g/mol. The molecular weight excluding hydrogens is 294 g/mol. The van der Waals surface area contributed by atoms with E-state index in [0.29, 0.717) is 12.8 Å². The molecule has 1 aliphatic heterocycles. The standard InChI is InChI=1S/C11H18F2N2O4S/c12-10(13)6-15-4-5-19-7-9(15)11(16)14-20(17,18)8-2-1-3-8/h8-10H,1-7H2,(H,14,16). The Hall–Kier alpha value is -0.800. The summed E-state index contributed by atoms with van der Waals surface area (Å²) in [6.07, 6.45) is -0.689. The van der Waals surface area contributed by atoms with Crippen LogP contribution in [-0.4, -0.2) is 63.2 Å². The minimum Gasteiger partial charge on any atom is -0.378 e. The number of nitrogens with zero attached hydrogens (tertiary/aromatic N) is 1. The Morgan fingerprint density at radius 3 is 2.65 bits per heavy atom. The lowest BCUT2D eigenvalue weighted by molar-refractivity contribution is -0.132. The summed E-state index contributed by atoms with van der Waals surface area (Å²) in [7, 11) is -3.69. The van der Waals surface area contributed by atoms with Gasteiger partial charge in [-0.3, -0.25) is 14.4 Å². The van der Waals surface area contributed by atoms with Crippen molar-refractivity contribution in [2.45, 2.75) is 37.0 Å². The molecule has 1 N–H and O–H groups in total. The quantitative estimate of drug-likeness (QED) is 0.770. The zero-order chi connectivity index (χ0) is 14.8. The van der Waals surface area contributed by atoms with Gasteiger partial charge in [0.1, 0.15) is 6.04 Å². The topological polar surface area (TPSA) is 75.7 Å². The lowest BCUT2D eigenvalue weighted by Gasteiger charge is -2.34. The second-order valence-electron chi connectivity index (χ2n) is 5.04. The van der Waals surface area contributed by atoms with E-state index in [1.165, 1.54) is 4.90 Å². The highest BCUT2D eigenvalue weighted by Gasteiger charge is 2.37. The third kappa shape index (κ3) is 3.64. The van der Waals surface area contributed by atoms with Crippen molar-refractivity contribution < 1.29 is 26.7 Å². The number of hydrogen-bond acceptors (Lipinski definition) is 5. The molecule has 6 nitrogen and oxygen atoms in total. The molecule has 20 heavy (non-hydrogen) atoms. The minimum absolute atomic E-state index is 0.0707. The zero-order valence-corrected chi connectivity index (χ0v) is 11.7. The lowest BCUT2D eigenvalue weighted by atomic mass is 10.0. The van der Waals surface area contributed by atoms with Crippen LogP contribution in [0.25, 0.3) is 0 Å². The third-order valence-corrected chi connectivity index (χ3v) is 5.48. The van der Waals surface area contributed by atoms with Crippen LogP contribution in [0.1, 0.15) is 19.3 Å². The molecule has 9 heteroatoms. The number of alkyl halides is 2. The van der Waals surface area contributed by atoms with Gasteiger partial charge in [0.25, 0.3) is 12.3 Å². The number of amides is 1. The maximum Gasteiger partial charge on any atom is 0.253 e. The van der Waals surface area contributed by atoms with E-state index in [1.54, 1.807) is 0 Å². The molecule has 2 rings (SSSR count). The predicted molar refractivity (Wildman–Crippen MR) is 66.9 cm³/mol. The molecule has 0 bridgehead atoms. The average Bonchev–Trinajstić information content (AvgIpc) is 2.24. The van der Waals surface area contributed by atoms with Gasteiger partial charge in [-0.25, -0.2) is 17.2 Å². The van der Waals surface area contributed by atoms with Gasteiger partial charge in [-0.15, -0.1) is 0 Å². The van der Waals surface area contributed by atoms with Crippen LogP contribution in [0.4, 0.5) is 8.78 Å². The summed E-state index contributed by atoms with van der Waals surface area (Å²) in [5.41, 5.74) is 0. The molecule has 0 aromatic rings.